The molecular formula is C25H17NO7. The SMILES string of the molecule is O=C1OC2(c3ccc(O)cc3Oc3cc(O)ccc32)c2cccc(CNC3=COC=CO3)c21. The summed E-state index contributed by atoms with van der Waals surface area (Å²) < 4.78 is 22.5. The lowest BCUT2D eigenvalue weighted by Crippen LogP contribution is -2.32. The molecule has 0 radical (unpaired) electrons. The Bertz CT molecular complexity index is 1320. The van der Waals surface area contributed by atoms with E-state index >= 15 is 0 Å². The summed E-state index contributed by atoms with van der Waals surface area (Å²) in [6, 6.07) is 14.8. The summed E-state index contributed by atoms with van der Waals surface area (Å²) in [6.07, 6.45) is 4.23. The molecule has 1 spiro atoms. The van der Waals surface area contributed by atoms with E-state index in [9.17, 15) is 15.0 Å². The smallest absolute Gasteiger partial charge is 0.340 e. The lowest BCUT2D eigenvalue weighted by Gasteiger charge is -2.36. The molecule has 0 fully saturated rings. The molecule has 6 rings (SSSR count). The predicted molar refractivity (Wildman–Crippen MR) is 114 cm³/mol. The Hall–Kier alpha value is -4.59. The van der Waals surface area contributed by atoms with Gasteiger partial charge in [-0.05, 0) is 29.8 Å². The molecule has 0 unspecified atom stereocenters. The van der Waals surface area contributed by atoms with E-state index in [-0.39, 0.29) is 11.5 Å². The van der Waals surface area contributed by atoms with Crippen molar-refractivity contribution in [3.63, 3.8) is 0 Å². The second-order valence-corrected chi connectivity index (χ2v) is 7.74. The Morgan fingerprint density at radius 3 is 2.27 bits per heavy atom. The maximum absolute atomic E-state index is 13.3. The van der Waals surface area contributed by atoms with Gasteiger partial charge in [0.05, 0.1) is 5.56 Å². The molecule has 3 aromatic rings. The Morgan fingerprint density at radius 2 is 1.61 bits per heavy atom. The van der Waals surface area contributed by atoms with Crippen molar-refractivity contribution >= 4 is 5.97 Å². The number of benzene rings is 3. The number of aromatic hydroxyl groups is 2. The van der Waals surface area contributed by atoms with E-state index in [2.05, 4.69) is 5.32 Å². The first kappa shape index (κ1) is 19.1. The Labute approximate surface area is 187 Å². The van der Waals surface area contributed by atoms with Gasteiger partial charge in [-0.25, -0.2) is 4.79 Å². The van der Waals surface area contributed by atoms with E-state index in [0.29, 0.717) is 51.7 Å². The third-order valence-corrected chi connectivity index (χ3v) is 5.85. The summed E-state index contributed by atoms with van der Waals surface area (Å²) >= 11 is 0. The summed E-state index contributed by atoms with van der Waals surface area (Å²) in [5.74, 6) is 0.601. The van der Waals surface area contributed by atoms with Gasteiger partial charge in [-0.1, -0.05) is 18.2 Å². The van der Waals surface area contributed by atoms with Crippen LogP contribution in [0.25, 0.3) is 0 Å². The third-order valence-electron chi connectivity index (χ3n) is 5.85. The van der Waals surface area contributed by atoms with Gasteiger partial charge in [0.15, 0.2) is 11.9 Å². The first-order valence-electron chi connectivity index (χ1n) is 10.2. The van der Waals surface area contributed by atoms with E-state index in [4.69, 9.17) is 18.9 Å². The van der Waals surface area contributed by atoms with Gasteiger partial charge in [0.25, 0.3) is 0 Å². The van der Waals surface area contributed by atoms with Crippen LogP contribution in [0.4, 0.5) is 0 Å². The molecule has 0 aliphatic carbocycles. The minimum absolute atomic E-state index is 0.00651. The number of phenolic OH excluding ortho intramolecular Hbond substituents is 2. The molecule has 164 valence electrons. The van der Waals surface area contributed by atoms with Crippen molar-refractivity contribution in [2.45, 2.75) is 12.1 Å². The third kappa shape index (κ3) is 2.81. The molecule has 33 heavy (non-hydrogen) atoms. The molecule has 0 atom stereocenters. The fourth-order valence-electron chi connectivity index (χ4n) is 4.49. The highest BCUT2D eigenvalue weighted by atomic mass is 16.6. The molecule has 0 amide bonds. The lowest BCUT2D eigenvalue weighted by atomic mass is 9.77. The fraction of sp³-hybridized carbons (Fsp3) is 0.0800. The highest BCUT2D eigenvalue weighted by Crippen LogP contribution is 2.57. The molecule has 3 aromatic carbocycles. The summed E-state index contributed by atoms with van der Waals surface area (Å²) in [5.41, 5.74) is 1.64. The van der Waals surface area contributed by atoms with Gasteiger partial charge in [0, 0.05) is 35.4 Å². The van der Waals surface area contributed by atoms with Crippen LogP contribution < -0.4 is 10.1 Å². The topological polar surface area (TPSA) is 106 Å². The molecule has 3 aliphatic heterocycles. The highest BCUT2D eigenvalue weighted by Gasteiger charge is 2.54. The second-order valence-electron chi connectivity index (χ2n) is 7.74. The molecule has 0 bridgehead atoms. The maximum atomic E-state index is 13.3. The first-order chi connectivity index (χ1) is 16.1. The van der Waals surface area contributed by atoms with Gasteiger partial charge in [0.1, 0.15) is 35.5 Å². The monoisotopic (exact) mass is 443 g/mol. The summed E-state index contributed by atoms with van der Waals surface area (Å²) in [7, 11) is 0. The highest BCUT2D eigenvalue weighted by molar-refractivity contribution is 5.98. The maximum Gasteiger partial charge on any atom is 0.340 e. The molecule has 3 N–H and O–H groups in total. The summed E-state index contributed by atoms with van der Waals surface area (Å²) in [5, 5.41) is 23.2. The zero-order valence-electron chi connectivity index (χ0n) is 17.1. The number of hydrogen-bond acceptors (Lipinski definition) is 8. The zero-order valence-corrected chi connectivity index (χ0v) is 17.1. The van der Waals surface area contributed by atoms with Crippen LogP contribution in [0.15, 0.2) is 79.3 Å². The van der Waals surface area contributed by atoms with Gasteiger partial charge in [-0.3, -0.25) is 0 Å². The largest absolute Gasteiger partial charge is 0.508 e. The van der Waals surface area contributed by atoms with Gasteiger partial charge in [-0.2, -0.15) is 0 Å². The van der Waals surface area contributed by atoms with Crippen LogP contribution in [0.5, 0.6) is 23.0 Å². The van der Waals surface area contributed by atoms with Gasteiger partial charge in [0.2, 0.25) is 5.88 Å². The molecule has 3 aliphatic rings. The second kappa shape index (κ2) is 6.96. The van der Waals surface area contributed by atoms with Crippen molar-refractivity contribution in [1.82, 2.24) is 5.32 Å². The van der Waals surface area contributed by atoms with Gasteiger partial charge < -0.3 is 34.5 Å². The molecule has 0 aromatic heterocycles. The quantitative estimate of drug-likeness (QED) is 0.520. The predicted octanol–water partition coefficient (Wildman–Crippen LogP) is 4.07. The van der Waals surface area contributed by atoms with Crippen molar-refractivity contribution in [2.75, 3.05) is 0 Å². The van der Waals surface area contributed by atoms with Crippen molar-refractivity contribution < 1.29 is 34.0 Å². The van der Waals surface area contributed by atoms with Gasteiger partial charge in [-0.15, -0.1) is 0 Å². The average molecular weight is 443 g/mol. The van der Waals surface area contributed by atoms with E-state index in [1.807, 2.05) is 18.2 Å². The fourth-order valence-corrected chi connectivity index (χ4v) is 4.49. The molecule has 8 heteroatoms. The number of rotatable bonds is 3. The van der Waals surface area contributed by atoms with E-state index in [1.165, 1.54) is 43.1 Å². The van der Waals surface area contributed by atoms with Crippen LogP contribution in [0.2, 0.25) is 0 Å². The van der Waals surface area contributed by atoms with Crippen LogP contribution in [0.1, 0.15) is 32.6 Å². The number of fused-ring (bicyclic) bond motifs is 6. The standard InChI is InChI=1S/C25H17NO7/c27-15-4-6-17-20(10-15)32-21-11-16(28)5-7-18(21)25(17)19-3-1-2-14(23(19)24(29)33-25)12-26-22-13-30-8-9-31-22/h1-11,13,26-28H,12H2. The van der Waals surface area contributed by atoms with Crippen molar-refractivity contribution in [2.24, 2.45) is 0 Å². The lowest BCUT2D eigenvalue weighted by molar-refractivity contribution is 0.0223. The van der Waals surface area contributed by atoms with Crippen LogP contribution in [0.3, 0.4) is 0 Å². The van der Waals surface area contributed by atoms with Crippen LogP contribution in [-0.2, 0) is 26.4 Å². The molecular weight excluding hydrogens is 426 g/mol. The van der Waals surface area contributed by atoms with E-state index in [0.717, 1.165) is 0 Å². The normalized spacial score (nSPS) is 16.4. The van der Waals surface area contributed by atoms with Crippen molar-refractivity contribution in [3.8, 4) is 23.0 Å². The van der Waals surface area contributed by atoms with Crippen LogP contribution >= 0.6 is 0 Å². The number of nitrogens with one attached hydrogen (secondary N) is 1. The molecule has 8 nitrogen and oxygen atoms in total. The van der Waals surface area contributed by atoms with Crippen molar-refractivity contribution in [3.05, 3.63) is 107 Å². The summed E-state index contributed by atoms with van der Waals surface area (Å²) in [6.45, 7) is 0.290. The molecule has 0 saturated heterocycles. The summed E-state index contributed by atoms with van der Waals surface area (Å²) in [4.78, 5) is 13.3. The number of carbonyl (C=O) groups is 1. The number of phenols is 2. The average Bonchev–Trinajstić information content (AvgIpc) is 3.11. The van der Waals surface area contributed by atoms with Gasteiger partial charge >= 0.3 is 5.97 Å². The minimum atomic E-state index is -1.29. The number of hydrogen-bond donors (Lipinski definition) is 3. The number of carbonyl (C=O) groups excluding carboxylic acids is 1. The zero-order chi connectivity index (χ0) is 22.6. The Balaban J connectivity index is 1.52. The van der Waals surface area contributed by atoms with E-state index in [1.54, 1.807) is 12.1 Å². The first-order valence-corrected chi connectivity index (χ1v) is 10.2. The molecule has 3 heterocycles. The molecule has 0 saturated carbocycles. The number of ether oxygens (including phenoxy) is 4. The van der Waals surface area contributed by atoms with Crippen molar-refractivity contribution in [1.29, 1.82) is 0 Å². The van der Waals surface area contributed by atoms with Crippen LogP contribution in [-0.4, -0.2) is 16.2 Å². The number of esters is 1. The van der Waals surface area contributed by atoms with E-state index < -0.39 is 11.6 Å². The Kier molecular flexibility index (Phi) is 4.03. The minimum Gasteiger partial charge on any atom is -0.508 e. The Morgan fingerprint density at radius 1 is 0.879 bits per heavy atom. The van der Waals surface area contributed by atoms with Crippen LogP contribution in [0, 0.1) is 0 Å².